The van der Waals surface area contributed by atoms with Gasteiger partial charge in [-0.3, -0.25) is 4.79 Å². The van der Waals surface area contributed by atoms with E-state index in [2.05, 4.69) is 15.9 Å². The summed E-state index contributed by atoms with van der Waals surface area (Å²) < 4.78 is 11.6. The summed E-state index contributed by atoms with van der Waals surface area (Å²) in [5.74, 6) is -0.237. The average molecular weight is 418 g/mol. The molecule has 5 nitrogen and oxygen atoms in total. The number of halogens is 1. The van der Waals surface area contributed by atoms with Gasteiger partial charge in [-0.15, -0.1) is 0 Å². The molecule has 0 N–H and O–H groups in total. The van der Waals surface area contributed by atoms with Crippen molar-refractivity contribution < 1.29 is 19.1 Å². The topological polar surface area (TPSA) is 55.8 Å². The van der Waals surface area contributed by atoms with Gasteiger partial charge in [0.15, 0.2) is 12.7 Å². The SMILES string of the molecule is C[C@@H](OC(=O)COc1ccc(Br)cc1)C(=O)N1c2ccccc2C[C@@H]1C. The fraction of sp³-hybridized carbons (Fsp3) is 0.300. The van der Waals surface area contributed by atoms with Crippen molar-refractivity contribution in [2.75, 3.05) is 11.5 Å². The maximum atomic E-state index is 12.8. The second-order valence-electron chi connectivity index (χ2n) is 6.26. The Morgan fingerprint density at radius 2 is 1.88 bits per heavy atom. The number of nitrogens with zero attached hydrogens (tertiary/aromatic N) is 1. The monoisotopic (exact) mass is 417 g/mol. The number of hydrogen-bond acceptors (Lipinski definition) is 4. The average Bonchev–Trinajstić information content (AvgIpc) is 2.96. The van der Waals surface area contributed by atoms with Gasteiger partial charge in [-0.1, -0.05) is 34.1 Å². The van der Waals surface area contributed by atoms with Gasteiger partial charge in [-0.05, 0) is 56.2 Å². The molecule has 0 unspecified atom stereocenters. The Balaban J connectivity index is 1.57. The van der Waals surface area contributed by atoms with Crippen molar-refractivity contribution in [1.82, 2.24) is 0 Å². The zero-order valence-corrected chi connectivity index (χ0v) is 16.2. The van der Waals surface area contributed by atoms with E-state index in [1.165, 1.54) is 0 Å². The predicted molar refractivity (Wildman–Crippen MR) is 102 cm³/mol. The van der Waals surface area contributed by atoms with Gasteiger partial charge in [0.25, 0.3) is 5.91 Å². The Bertz CT molecular complexity index is 806. The largest absolute Gasteiger partial charge is 0.482 e. The third-order valence-corrected chi connectivity index (χ3v) is 4.80. The fourth-order valence-corrected chi connectivity index (χ4v) is 3.32. The molecule has 2 aromatic rings. The second kappa shape index (κ2) is 7.91. The highest BCUT2D eigenvalue weighted by Gasteiger charge is 2.34. The van der Waals surface area contributed by atoms with E-state index in [9.17, 15) is 9.59 Å². The molecule has 0 bridgehead atoms. The molecule has 0 radical (unpaired) electrons. The molecule has 0 spiro atoms. The predicted octanol–water partition coefficient (Wildman–Crippen LogP) is 3.74. The van der Waals surface area contributed by atoms with Crippen LogP contribution in [0, 0.1) is 0 Å². The Labute approximate surface area is 161 Å². The van der Waals surface area contributed by atoms with Gasteiger partial charge in [-0.25, -0.2) is 4.79 Å². The Hall–Kier alpha value is -2.34. The van der Waals surface area contributed by atoms with E-state index in [1.54, 1.807) is 24.0 Å². The van der Waals surface area contributed by atoms with Crippen molar-refractivity contribution in [3.63, 3.8) is 0 Å². The van der Waals surface area contributed by atoms with Crippen LogP contribution in [0.1, 0.15) is 19.4 Å². The zero-order chi connectivity index (χ0) is 18.7. The summed E-state index contributed by atoms with van der Waals surface area (Å²) in [5, 5.41) is 0. The summed E-state index contributed by atoms with van der Waals surface area (Å²) in [6.07, 6.45) is -0.0699. The molecule has 0 aromatic heterocycles. The fourth-order valence-electron chi connectivity index (χ4n) is 3.05. The smallest absolute Gasteiger partial charge is 0.344 e. The molecule has 0 fully saturated rings. The van der Waals surface area contributed by atoms with Crippen LogP contribution in [0.15, 0.2) is 53.0 Å². The van der Waals surface area contributed by atoms with E-state index in [0.29, 0.717) is 5.75 Å². The van der Waals surface area contributed by atoms with Gasteiger partial charge in [0.05, 0.1) is 0 Å². The number of carbonyl (C=O) groups is 2. The number of fused-ring (bicyclic) bond motifs is 1. The van der Waals surface area contributed by atoms with Gasteiger partial charge in [0.1, 0.15) is 5.75 Å². The molecule has 0 aliphatic carbocycles. The minimum Gasteiger partial charge on any atom is -0.482 e. The van der Waals surface area contributed by atoms with Crippen LogP contribution in [-0.2, 0) is 20.7 Å². The molecule has 0 saturated carbocycles. The van der Waals surface area contributed by atoms with E-state index in [1.807, 2.05) is 43.3 Å². The van der Waals surface area contributed by atoms with Crippen molar-refractivity contribution >= 4 is 33.5 Å². The molecule has 2 atom stereocenters. The molecule has 6 heteroatoms. The molecule has 1 amide bonds. The van der Waals surface area contributed by atoms with Gasteiger partial charge >= 0.3 is 5.97 Å². The standard InChI is InChI=1S/C20H20BrNO4/c1-13-11-15-5-3-4-6-18(15)22(13)20(24)14(2)26-19(23)12-25-17-9-7-16(21)8-10-17/h3-10,13-14H,11-12H2,1-2H3/t13-,14+/m0/s1. The van der Waals surface area contributed by atoms with Crippen molar-refractivity contribution in [2.45, 2.75) is 32.4 Å². The summed E-state index contributed by atoms with van der Waals surface area (Å²) in [6, 6.07) is 15.0. The van der Waals surface area contributed by atoms with E-state index < -0.39 is 12.1 Å². The highest BCUT2D eigenvalue weighted by Crippen LogP contribution is 2.32. The van der Waals surface area contributed by atoms with Gasteiger partial charge in [0, 0.05) is 16.2 Å². The minimum absolute atomic E-state index is 0.0417. The molecular weight excluding hydrogens is 398 g/mol. The molecule has 3 rings (SSSR count). The first-order chi connectivity index (χ1) is 12.5. The maximum Gasteiger partial charge on any atom is 0.344 e. The zero-order valence-electron chi connectivity index (χ0n) is 14.6. The number of esters is 1. The summed E-state index contributed by atoms with van der Waals surface area (Å²) >= 11 is 3.33. The lowest BCUT2D eigenvalue weighted by atomic mass is 10.1. The number of para-hydroxylation sites is 1. The van der Waals surface area contributed by atoms with Gasteiger partial charge in [-0.2, -0.15) is 0 Å². The summed E-state index contributed by atoms with van der Waals surface area (Å²) in [4.78, 5) is 26.5. The van der Waals surface area contributed by atoms with Crippen molar-refractivity contribution in [2.24, 2.45) is 0 Å². The molecule has 1 heterocycles. The second-order valence-corrected chi connectivity index (χ2v) is 7.18. The summed E-state index contributed by atoms with van der Waals surface area (Å²) in [7, 11) is 0. The third kappa shape index (κ3) is 4.07. The molecule has 1 aliphatic rings. The quantitative estimate of drug-likeness (QED) is 0.695. The summed E-state index contributed by atoms with van der Waals surface area (Å²) in [5.41, 5.74) is 2.02. The number of rotatable bonds is 5. The van der Waals surface area contributed by atoms with Crippen LogP contribution in [0.3, 0.4) is 0 Å². The number of ether oxygens (including phenoxy) is 2. The minimum atomic E-state index is -0.871. The highest BCUT2D eigenvalue weighted by atomic mass is 79.9. The number of carbonyl (C=O) groups excluding carboxylic acids is 2. The van der Waals surface area contributed by atoms with Crippen LogP contribution in [0.2, 0.25) is 0 Å². The molecule has 136 valence electrons. The lowest BCUT2D eigenvalue weighted by Gasteiger charge is -2.25. The Morgan fingerprint density at radius 1 is 1.19 bits per heavy atom. The van der Waals surface area contributed by atoms with Gasteiger partial charge in [0.2, 0.25) is 0 Å². The number of amides is 1. The number of benzene rings is 2. The number of hydrogen-bond donors (Lipinski definition) is 0. The van der Waals surface area contributed by atoms with Crippen LogP contribution < -0.4 is 9.64 Å². The molecule has 0 saturated heterocycles. The lowest BCUT2D eigenvalue weighted by Crippen LogP contribution is -2.43. The number of anilines is 1. The van der Waals surface area contributed by atoms with Gasteiger partial charge < -0.3 is 14.4 Å². The summed E-state index contributed by atoms with van der Waals surface area (Å²) in [6.45, 7) is 3.34. The van der Waals surface area contributed by atoms with Crippen LogP contribution in [-0.4, -0.2) is 30.6 Å². The molecular formula is C20H20BrNO4. The van der Waals surface area contributed by atoms with Crippen molar-refractivity contribution in [3.05, 3.63) is 58.6 Å². The van der Waals surface area contributed by atoms with Crippen molar-refractivity contribution in [3.8, 4) is 5.75 Å². The Morgan fingerprint density at radius 3 is 2.62 bits per heavy atom. The van der Waals surface area contributed by atoms with Crippen molar-refractivity contribution in [1.29, 1.82) is 0 Å². The first-order valence-electron chi connectivity index (χ1n) is 8.44. The molecule has 1 aliphatic heterocycles. The highest BCUT2D eigenvalue weighted by molar-refractivity contribution is 9.10. The third-order valence-electron chi connectivity index (χ3n) is 4.27. The normalized spacial score (nSPS) is 16.7. The molecule has 26 heavy (non-hydrogen) atoms. The maximum absolute atomic E-state index is 12.8. The first kappa shape index (κ1) is 18.5. The lowest BCUT2D eigenvalue weighted by molar-refractivity contribution is -0.155. The van der Waals surface area contributed by atoms with Crippen LogP contribution in [0.4, 0.5) is 5.69 Å². The van der Waals surface area contributed by atoms with Crippen LogP contribution in [0.5, 0.6) is 5.75 Å². The van der Waals surface area contributed by atoms with E-state index >= 15 is 0 Å². The Kier molecular flexibility index (Phi) is 5.61. The van der Waals surface area contributed by atoms with E-state index in [4.69, 9.17) is 9.47 Å². The van der Waals surface area contributed by atoms with Crippen LogP contribution in [0.25, 0.3) is 0 Å². The molecule has 2 aromatic carbocycles. The first-order valence-corrected chi connectivity index (χ1v) is 9.24. The van der Waals surface area contributed by atoms with E-state index in [0.717, 1.165) is 22.1 Å². The van der Waals surface area contributed by atoms with E-state index in [-0.39, 0.29) is 18.6 Å². The van der Waals surface area contributed by atoms with Crippen LogP contribution >= 0.6 is 15.9 Å².